The van der Waals surface area contributed by atoms with Crippen molar-refractivity contribution in [2.24, 2.45) is 11.7 Å². The van der Waals surface area contributed by atoms with Crippen LogP contribution in [0, 0.1) is 5.92 Å². The van der Waals surface area contributed by atoms with Crippen molar-refractivity contribution in [3.63, 3.8) is 0 Å². The predicted octanol–water partition coefficient (Wildman–Crippen LogP) is 1.76. The SMILES string of the molecule is CSc1cc(N2CC(CN)CCC2C)ncn1. The van der Waals surface area contributed by atoms with Gasteiger partial charge in [0.25, 0.3) is 0 Å². The summed E-state index contributed by atoms with van der Waals surface area (Å²) in [5.41, 5.74) is 5.78. The quantitative estimate of drug-likeness (QED) is 0.656. The van der Waals surface area contributed by atoms with E-state index in [0.717, 1.165) is 23.9 Å². The lowest BCUT2D eigenvalue weighted by molar-refractivity contribution is 0.371. The Labute approximate surface area is 107 Å². The van der Waals surface area contributed by atoms with Gasteiger partial charge in [-0.25, -0.2) is 9.97 Å². The third-order valence-corrected chi connectivity index (χ3v) is 4.09. The molecule has 1 aliphatic heterocycles. The van der Waals surface area contributed by atoms with Crippen LogP contribution < -0.4 is 10.6 Å². The predicted molar refractivity (Wildman–Crippen MR) is 72.4 cm³/mol. The Kier molecular flexibility index (Phi) is 4.23. The summed E-state index contributed by atoms with van der Waals surface area (Å²) in [5, 5.41) is 1.03. The van der Waals surface area contributed by atoms with Crippen LogP contribution in [-0.4, -0.2) is 35.4 Å². The van der Waals surface area contributed by atoms with Gasteiger partial charge in [-0.1, -0.05) is 0 Å². The highest BCUT2D eigenvalue weighted by atomic mass is 32.2. The van der Waals surface area contributed by atoms with Crippen molar-refractivity contribution in [2.45, 2.75) is 30.8 Å². The smallest absolute Gasteiger partial charge is 0.133 e. The van der Waals surface area contributed by atoms with Gasteiger partial charge in [0.2, 0.25) is 0 Å². The third-order valence-electron chi connectivity index (χ3n) is 3.44. The minimum absolute atomic E-state index is 0.544. The second-order valence-corrected chi connectivity index (χ2v) is 5.43. The molecule has 0 saturated carbocycles. The van der Waals surface area contributed by atoms with Crippen LogP contribution in [0.5, 0.6) is 0 Å². The normalized spacial score (nSPS) is 25.0. The summed E-state index contributed by atoms with van der Waals surface area (Å²) in [5.74, 6) is 1.63. The number of nitrogens with zero attached hydrogens (tertiary/aromatic N) is 3. The van der Waals surface area contributed by atoms with Crippen molar-refractivity contribution < 1.29 is 0 Å². The van der Waals surface area contributed by atoms with Crippen LogP contribution in [0.3, 0.4) is 0 Å². The molecule has 2 unspecified atom stereocenters. The van der Waals surface area contributed by atoms with Crippen molar-refractivity contribution in [1.82, 2.24) is 9.97 Å². The van der Waals surface area contributed by atoms with E-state index in [1.165, 1.54) is 12.8 Å². The zero-order valence-electron chi connectivity index (χ0n) is 10.5. The van der Waals surface area contributed by atoms with E-state index in [-0.39, 0.29) is 0 Å². The molecule has 2 atom stereocenters. The van der Waals surface area contributed by atoms with Crippen LogP contribution in [0.25, 0.3) is 0 Å². The lowest BCUT2D eigenvalue weighted by atomic mass is 9.93. The molecule has 1 aliphatic rings. The molecule has 2 heterocycles. The summed E-state index contributed by atoms with van der Waals surface area (Å²) >= 11 is 1.65. The van der Waals surface area contributed by atoms with Crippen LogP contribution in [0.2, 0.25) is 0 Å². The van der Waals surface area contributed by atoms with E-state index in [1.54, 1.807) is 18.1 Å². The molecule has 1 aromatic heterocycles. The first-order valence-corrected chi connectivity index (χ1v) is 7.29. The van der Waals surface area contributed by atoms with Gasteiger partial charge < -0.3 is 10.6 Å². The molecule has 0 aliphatic carbocycles. The zero-order valence-corrected chi connectivity index (χ0v) is 11.3. The van der Waals surface area contributed by atoms with Crippen LogP contribution in [-0.2, 0) is 0 Å². The Morgan fingerprint density at radius 3 is 3.00 bits per heavy atom. The molecule has 1 saturated heterocycles. The van der Waals surface area contributed by atoms with E-state index in [1.807, 2.05) is 6.26 Å². The van der Waals surface area contributed by atoms with E-state index in [4.69, 9.17) is 5.73 Å². The molecule has 0 amide bonds. The highest BCUT2D eigenvalue weighted by Gasteiger charge is 2.25. The zero-order chi connectivity index (χ0) is 12.3. The standard InChI is InChI=1S/C12H20N4S/c1-9-3-4-10(6-13)7-16(9)11-5-12(17-2)15-8-14-11/h5,8-10H,3-4,6-7,13H2,1-2H3. The molecular formula is C12H20N4S. The maximum Gasteiger partial charge on any atom is 0.133 e. The molecule has 0 bridgehead atoms. The topological polar surface area (TPSA) is 55.0 Å². The monoisotopic (exact) mass is 252 g/mol. The van der Waals surface area contributed by atoms with Crippen molar-refractivity contribution >= 4 is 17.6 Å². The first kappa shape index (κ1) is 12.6. The Hall–Kier alpha value is -0.810. The highest BCUT2D eigenvalue weighted by molar-refractivity contribution is 7.98. The first-order valence-electron chi connectivity index (χ1n) is 6.07. The van der Waals surface area contributed by atoms with Crippen molar-refractivity contribution in [1.29, 1.82) is 0 Å². The van der Waals surface area contributed by atoms with E-state index >= 15 is 0 Å². The second kappa shape index (κ2) is 5.69. The number of anilines is 1. The molecule has 0 aromatic carbocycles. The van der Waals surface area contributed by atoms with Crippen LogP contribution in [0.1, 0.15) is 19.8 Å². The number of thioether (sulfide) groups is 1. The van der Waals surface area contributed by atoms with Gasteiger partial charge in [0.1, 0.15) is 17.2 Å². The lowest BCUT2D eigenvalue weighted by Gasteiger charge is -2.38. The summed E-state index contributed by atoms with van der Waals surface area (Å²) in [6.45, 7) is 4.04. The van der Waals surface area contributed by atoms with Crippen molar-refractivity contribution in [3.05, 3.63) is 12.4 Å². The summed E-state index contributed by atoms with van der Waals surface area (Å²) in [6, 6.07) is 2.61. The molecule has 0 spiro atoms. The average molecular weight is 252 g/mol. The van der Waals surface area contributed by atoms with Gasteiger partial charge >= 0.3 is 0 Å². The molecule has 17 heavy (non-hydrogen) atoms. The Bertz CT molecular complexity index is 371. The van der Waals surface area contributed by atoms with Crippen LogP contribution in [0.15, 0.2) is 17.4 Å². The fourth-order valence-corrected chi connectivity index (χ4v) is 2.67. The molecule has 1 fully saturated rings. The van der Waals surface area contributed by atoms with Gasteiger partial charge in [0.05, 0.1) is 0 Å². The molecule has 4 nitrogen and oxygen atoms in total. The number of hydrogen-bond donors (Lipinski definition) is 1. The molecule has 5 heteroatoms. The van der Waals surface area contributed by atoms with Gasteiger partial charge in [-0.15, -0.1) is 11.8 Å². The Balaban J connectivity index is 2.18. The summed E-state index contributed by atoms with van der Waals surface area (Å²) in [6.07, 6.45) is 6.11. The maximum atomic E-state index is 5.78. The highest BCUT2D eigenvalue weighted by Crippen LogP contribution is 2.27. The van der Waals surface area contributed by atoms with Crippen molar-refractivity contribution in [2.75, 3.05) is 24.2 Å². The fourth-order valence-electron chi connectivity index (χ4n) is 2.29. The number of aromatic nitrogens is 2. The van der Waals surface area contributed by atoms with Gasteiger partial charge in [-0.05, 0) is 38.5 Å². The van der Waals surface area contributed by atoms with Gasteiger partial charge in [0, 0.05) is 18.7 Å². The molecule has 94 valence electrons. The van der Waals surface area contributed by atoms with Gasteiger partial charge in [0.15, 0.2) is 0 Å². The summed E-state index contributed by atoms with van der Waals surface area (Å²) in [7, 11) is 0. The largest absolute Gasteiger partial charge is 0.353 e. The summed E-state index contributed by atoms with van der Waals surface area (Å²) < 4.78 is 0. The fraction of sp³-hybridized carbons (Fsp3) is 0.667. The number of nitrogens with two attached hydrogens (primary N) is 1. The number of rotatable bonds is 3. The van der Waals surface area contributed by atoms with E-state index in [0.29, 0.717) is 12.0 Å². The maximum absolute atomic E-state index is 5.78. The summed E-state index contributed by atoms with van der Waals surface area (Å²) in [4.78, 5) is 11.0. The van der Waals surface area contributed by atoms with Crippen molar-refractivity contribution in [3.8, 4) is 0 Å². The van der Waals surface area contributed by atoms with Crippen LogP contribution in [0.4, 0.5) is 5.82 Å². The van der Waals surface area contributed by atoms with E-state index < -0.39 is 0 Å². The lowest BCUT2D eigenvalue weighted by Crippen LogP contribution is -2.44. The first-order chi connectivity index (χ1) is 8.24. The molecule has 1 aromatic rings. The molecule has 2 rings (SSSR count). The van der Waals surface area contributed by atoms with Gasteiger partial charge in [-0.2, -0.15) is 0 Å². The molecule has 0 radical (unpaired) electrons. The number of hydrogen-bond acceptors (Lipinski definition) is 5. The molecular weight excluding hydrogens is 232 g/mol. The van der Waals surface area contributed by atoms with Gasteiger partial charge in [-0.3, -0.25) is 0 Å². The average Bonchev–Trinajstić information content (AvgIpc) is 2.39. The second-order valence-electron chi connectivity index (χ2n) is 4.60. The Morgan fingerprint density at radius 1 is 1.47 bits per heavy atom. The third kappa shape index (κ3) is 2.90. The van der Waals surface area contributed by atoms with E-state index in [2.05, 4.69) is 27.9 Å². The Morgan fingerprint density at radius 2 is 2.29 bits per heavy atom. The van der Waals surface area contributed by atoms with E-state index in [9.17, 15) is 0 Å². The molecule has 2 N–H and O–H groups in total. The minimum atomic E-state index is 0.544. The van der Waals surface area contributed by atoms with Crippen LogP contribution >= 0.6 is 11.8 Å². The number of piperidine rings is 1. The minimum Gasteiger partial charge on any atom is -0.353 e.